The average molecular weight is 379 g/mol. The number of rotatable bonds is 10. The highest BCUT2D eigenvalue weighted by molar-refractivity contribution is 5.96. The molecule has 0 spiro atoms. The largest absolute Gasteiger partial charge is 0.493 e. The molecule has 6 nitrogen and oxygen atoms in total. The number of hydrogen-bond donors (Lipinski definition) is 1. The summed E-state index contributed by atoms with van der Waals surface area (Å²) in [4.78, 5) is 11.0. The fourth-order valence-corrected chi connectivity index (χ4v) is 2.48. The molecule has 0 bridgehead atoms. The number of carboxylic acid groups (broad SMARTS) is 1. The second-order valence-corrected chi connectivity index (χ2v) is 5.68. The van der Waals surface area contributed by atoms with Gasteiger partial charge in [-0.1, -0.05) is 30.3 Å². The van der Waals surface area contributed by atoms with Crippen molar-refractivity contribution < 1.29 is 24.1 Å². The fraction of sp³-hybridized carbons (Fsp3) is 0.182. The van der Waals surface area contributed by atoms with Crippen LogP contribution in [0, 0.1) is 11.3 Å². The Morgan fingerprint density at radius 2 is 1.86 bits per heavy atom. The smallest absolute Gasteiger partial charge is 0.346 e. The highest BCUT2D eigenvalue weighted by Crippen LogP contribution is 2.29. The highest BCUT2D eigenvalue weighted by Gasteiger charge is 2.09. The van der Waals surface area contributed by atoms with Crippen LogP contribution in [0.1, 0.15) is 11.1 Å². The number of methoxy groups -OCH3 is 1. The lowest BCUT2D eigenvalue weighted by molar-refractivity contribution is -0.132. The Hall–Kier alpha value is -3.72. The molecular formula is C22H21NO5. The summed E-state index contributed by atoms with van der Waals surface area (Å²) in [6.45, 7) is 4.32. The van der Waals surface area contributed by atoms with Crippen LogP contribution in [0.15, 0.2) is 60.7 Å². The molecule has 0 radical (unpaired) electrons. The summed E-state index contributed by atoms with van der Waals surface area (Å²) >= 11 is 0. The first-order chi connectivity index (χ1) is 13.6. The van der Waals surface area contributed by atoms with Gasteiger partial charge in [0.05, 0.1) is 7.11 Å². The fourth-order valence-electron chi connectivity index (χ4n) is 2.48. The van der Waals surface area contributed by atoms with E-state index in [2.05, 4.69) is 6.58 Å². The Kier molecular flexibility index (Phi) is 7.67. The number of carbonyl (C=O) groups is 1. The van der Waals surface area contributed by atoms with E-state index < -0.39 is 5.97 Å². The molecule has 0 aromatic heterocycles. The lowest BCUT2D eigenvalue weighted by atomic mass is 10.1. The number of benzene rings is 2. The van der Waals surface area contributed by atoms with Crippen LogP contribution < -0.4 is 14.2 Å². The Balaban J connectivity index is 2.05. The van der Waals surface area contributed by atoms with Crippen LogP contribution >= 0.6 is 0 Å². The van der Waals surface area contributed by atoms with Crippen LogP contribution in [-0.4, -0.2) is 31.4 Å². The number of aliphatic carboxylic acids is 1. The minimum Gasteiger partial charge on any atom is -0.493 e. The number of nitriles is 1. The molecular weight excluding hydrogens is 358 g/mol. The number of nitrogens with zero attached hydrogens (tertiary/aromatic N) is 1. The number of hydrogen-bond acceptors (Lipinski definition) is 5. The van der Waals surface area contributed by atoms with E-state index in [1.165, 1.54) is 13.2 Å². The van der Waals surface area contributed by atoms with Gasteiger partial charge >= 0.3 is 5.97 Å². The van der Waals surface area contributed by atoms with Gasteiger partial charge in [-0.3, -0.25) is 0 Å². The number of allylic oxidation sites excluding steroid dienone is 1. The van der Waals surface area contributed by atoms with E-state index in [0.717, 1.165) is 11.3 Å². The SMILES string of the molecule is C=CCc1ccccc1OCCOc1cc(C=C(C#N)C(=O)O)ccc1OC. The molecule has 0 saturated heterocycles. The topological polar surface area (TPSA) is 88.8 Å². The third-order valence-corrected chi connectivity index (χ3v) is 3.78. The number of carboxylic acids is 1. The molecule has 0 atom stereocenters. The number of para-hydroxylation sites is 1. The minimum atomic E-state index is -1.28. The van der Waals surface area contributed by atoms with Gasteiger partial charge in [-0.05, 0) is 41.8 Å². The van der Waals surface area contributed by atoms with Gasteiger partial charge in [0.1, 0.15) is 30.6 Å². The van der Waals surface area contributed by atoms with Crippen molar-refractivity contribution in [1.29, 1.82) is 5.26 Å². The summed E-state index contributed by atoms with van der Waals surface area (Å²) in [5.74, 6) is 0.419. The maximum Gasteiger partial charge on any atom is 0.346 e. The molecule has 0 heterocycles. The van der Waals surface area contributed by atoms with Gasteiger partial charge in [-0.2, -0.15) is 5.26 Å². The van der Waals surface area contributed by atoms with E-state index in [1.54, 1.807) is 24.3 Å². The predicted molar refractivity (Wildman–Crippen MR) is 106 cm³/mol. The second kappa shape index (κ2) is 10.4. The third kappa shape index (κ3) is 5.64. The van der Waals surface area contributed by atoms with Crippen LogP contribution in [0.4, 0.5) is 0 Å². The monoisotopic (exact) mass is 379 g/mol. The van der Waals surface area contributed by atoms with Crippen molar-refractivity contribution in [3.05, 3.63) is 71.8 Å². The van der Waals surface area contributed by atoms with Crippen LogP contribution in [0.5, 0.6) is 17.2 Å². The summed E-state index contributed by atoms with van der Waals surface area (Å²) < 4.78 is 16.8. The van der Waals surface area contributed by atoms with E-state index in [4.69, 9.17) is 24.6 Å². The summed E-state index contributed by atoms with van der Waals surface area (Å²) in [6.07, 6.45) is 3.80. The van der Waals surface area contributed by atoms with E-state index in [1.807, 2.05) is 30.3 Å². The van der Waals surface area contributed by atoms with Gasteiger partial charge in [0, 0.05) is 0 Å². The van der Waals surface area contributed by atoms with Crippen molar-refractivity contribution in [2.75, 3.05) is 20.3 Å². The van der Waals surface area contributed by atoms with Gasteiger partial charge in [0.25, 0.3) is 0 Å². The third-order valence-electron chi connectivity index (χ3n) is 3.78. The standard InChI is InChI=1S/C22H21NO5/c1-3-6-17-7-4-5-8-19(17)27-11-12-28-21-14-16(9-10-20(21)26-2)13-18(15-23)22(24)25/h3-5,7-10,13-14H,1,6,11-12H2,2H3,(H,24,25). The first kappa shape index (κ1) is 20.6. The van der Waals surface area contributed by atoms with Gasteiger partial charge in [0.2, 0.25) is 0 Å². The van der Waals surface area contributed by atoms with E-state index in [0.29, 0.717) is 30.1 Å². The molecule has 2 aromatic rings. The molecule has 0 saturated carbocycles. The zero-order valence-electron chi connectivity index (χ0n) is 15.6. The normalized spacial score (nSPS) is 10.6. The van der Waals surface area contributed by atoms with E-state index in [-0.39, 0.29) is 12.2 Å². The molecule has 0 amide bonds. The molecule has 2 aromatic carbocycles. The molecule has 0 fully saturated rings. The van der Waals surface area contributed by atoms with Crippen molar-refractivity contribution in [2.24, 2.45) is 0 Å². The predicted octanol–water partition coefficient (Wildman–Crippen LogP) is 3.87. The Labute approximate surface area is 163 Å². The molecule has 1 N–H and O–H groups in total. The quantitative estimate of drug-likeness (QED) is 0.292. The first-order valence-electron chi connectivity index (χ1n) is 8.56. The van der Waals surface area contributed by atoms with Crippen molar-refractivity contribution in [3.8, 4) is 23.3 Å². The van der Waals surface area contributed by atoms with Crippen LogP contribution in [0.3, 0.4) is 0 Å². The molecule has 6 heteroatoms. The molecule has 28 heavy (non-hydrogen) atoms. The molecule has 0 aliphatic carbocycles. The van der Waals surface area contributed by atoms with Crippen LogP contribution in [0.2, 0.25) is 0 Å². The summed E-state index contributed by atoms with van der Waals surface area (Å²) in [7, 11) is 1.51. The van der Waals surface area contributed by atoms with Crippen molar-refractivity contribution >= 4 is 12.0 Å². The van der Waals surface area contributed by atoms with Crippen molar-refractivity contribution in [2.45, 2.75) is 6.42 Å². The maximum absolute atomic E-state index is 11.0. The van der Waals surface area contributed by atoms with Crippen LogP contribution in [-0.2, 0) is 11.2 Å². The maximum atomic E-state index is 11.0. The average Bonchev–Trinajstić information content (AvgIpc) is 2.70. The molecule has 0 aliphatic heterocycles. The van der Waals surface area contributed by atoms with Crippen molar-refractivity contribution in [1.82, 2.24) is 0 Å². The zero-order chi connectivity index (χ0) is 20.4. The lowest BCUT2D eigenvalue weighted by Gasteiger charge is -2.13. The van der Waals surface area contributed by atoms with Gasteiger partial charge in [-0.15, -0.1) is 6.58 Å². The Morgan fingerprint density at radius 1 is 1.14 bits per heavy atom. The molecule has 144 valence electrons. The Bertz CT molecular complexity index is 911. The van der Waals surface area contributed by atoms with E-state index >= 15 is 0 Å². The lowest BCUT2D eigenvalue weighted by Crippen LogP contribution is -2.10. The van der Waals surface area contributed by atoms with Gasteiger partial charge < -0.3 is 19.3 Å². The summed E-state index contributed by atoms with van der Waals surface area (Å²) in [5.41, 5.74) is 1.20. The van der Waals surface area contributed by atoms with E-state index in [9.17, 15) is 4.79 Å². The van der Waals surface area contributed by atoms with Crippen LogP contribution in [0.25, 0.3) is 6.08 Å². The van der Waals surface area contributed by atoms with Crippen molar-refractivity contribution in [3.63, 3.8) is 0 Å². The zero-order valence-corrected chi connectivity index (χ0v) is 15.6. The highest BCUT2D eigenvalue weighted by atomic mass is 16.5. The molecule has 0 aliphatic rings. The first-order valence-corrected chi connectivity index (χ1v) is 8.56. The molecule has 2 rings (SSSR count). The summed E-state index contributed by atoms with van der Waals surface area (Å²) in [5, 5.41) is 17.9. The minimum absolute atomic E-state index is 0.260. The van der Waals surface area contributed by atoms with Gasteiger partial charge in [-0.25, -0.2) is 4.79 Å². The number of ether oxygens (including phenoxy) is 3. The Morgan fingerprint density at radius 3 is 2.50 bits per heavy atom. The molecule has 0 unspecified atom stereocenters. The second-order valence-electron chi connectivity index (χ2n) is 5.68. The summed E-state index contributed by atoms with van der Waals surface area (Å²) in [6, 6.07) is 14.3. The van der Waals surface area contributed by atoms with Gasteiger partial charge in [0.15, 0.2) is 11.5 Å².